The van der Waals surface area contributed by atoms with E-state index in [-0.39, 0.29) is 22.8 Å². The Bertz CT molecular complexity index is 670. The van der Waals surface area contributed by atoms with E-state index in [4.69, 9.17) is 5.11 Å². The molecule has 1 aromatic heterocycles. The molecule has 1 aromatic rings. The highest BCUT2D eigenvalue weighted by Gasteiger charge is 2.40. The molecule has 2 N–H and O–H groups in total. The van der Waals surface area contributed by atoms with E-state index in [1.165, 1.54) is 18.3 Å². The molecule has 0 aliphatic carbocycles. The molecular formula is C12H14N2O5S. The summed E-state index contributed by atoms with van der Waals surface area (Å²) in [5.41, 5.74) is -1.32. The molecule has 1 atom stereocenters. The van der Waals surface area contributed by atoms with E-state index < -0.39 is 27.3 Å². The van der Waals surface area contributed by atoms with E-state index in [1.54, 1.807) is 6.92 Å². The third-order valence-corrected chi connectivity index (χ3v) is 5.07. The van der Waals surface area contributed by atoms with E-state index in [0.717, 1.165) is 0 Å². The third kappa shape index (κ3) is 2.96. The van der Waals surface area contributed by atoms with Crippen LogP contribution in [-0.2, 0) is 9.84 Å². The summed E-state index contributed by atoms with van der Waals surface area (Å²) >= 11 is 0. The number of carboxylic acids is 1. The molecule has 8 heteroatoms. The summed E-state index contributed by atoms with van der Waals surface area (Å²) in [4.78, 5) is 26.9. The van der Waals surface area contributed by atoms with Crippen LogP contribution in [0.25, 0.3) is 0 Å². The zero-order valence-electron chi connectivity index (χ0n) is 10.8. The number of carbonyl (C=O) groups excluding carboxylic acids is 1. The van der Waals surface area contributed by atoms with Gasteiger partial charge in [-0.1, -0.05) is 0 Å². The van der Waals surface area contributed by atoms with Crippen molar-refractivity contribution in [3.63, 3.8) is 0 Å². The zero-order valence-corrected chi connectivity index (χ0v) is 11.6. The van der Waals surface area contributed by atoms with Crippen molar-refractivity contribution in [3.8, 4) is 0 Å². The fourth-order valence-electron chi connectivity index (χ4n) is 2.20. The van der Waals surface area contributed by atoms with E-state index in [2.05, 4.69) is 10.3 Å². The van der Waals surface area contributed by atoms with Crippen molar-refractivity contribution < 1.29 is 23.1 Å². The van der Waals surface area contributed by atoms with Gasteiger partial charge in [-0.2, -0.15) is 0 Å². The maximum absolute atomic E-state index is 12.1. The second kappa shape index (κ2) is 4.86. The molecule has 0 saturated carbocycles. The minimum absolute atomic E-state index is 0.0117. The highest BCUT2D eigenvalue weighted by molar-refractivity contribution is 7.91. The average Bonchev–Trinajstić information content (AvgIpc) is 2.63. The molecule has 1 unspecified atom stereocenters. The van der Waals surface area contributed by atoms with Gasteiger partial charge in [0.1, 0.15) is 5.69 Å². The molecule has 108 valence electrons. The molecule has 0 aromatic carbocycles. The second-order valence-electron chi connectivity index (χ2n) is 5.06. The van der Waals surface area contributed by atoms with E-state index in [1.807, 2.05) is 0 Å². The van der Waals surface area contributed by atoms with Crippen LogP contribution in [0.15, 0.2) is 18.3 Å². The van der Waals surface area contributed by atoms with Gasteiger partial charge in [0.05, 0.1) is 22.6 Å². The highest BCUT2D eigenvalue weighted by Crippen LogP contribution is 2.23. The number of carbonyl (C=O) groups is 2. The van der Waals surface area contributed by atoms with Crippen molar-refractivity contribution in [1.29, 1.82) is 0 Å². The number of aromatic nitrogens is 1. The van der Waals surface area contributed by atoms with Crippen molar-refractivity contribution in [1.82, 2.24) is 10.3 Å². The van der Waals surface area contributed by atoms with Gasteiger partial charge in [0, 0.05) is 6.20 Å². The number of sulfone groups is 1. The molecule has 1 saturated heterocycles. The fourth-order valence-corrected chi connectivity index (χ4v) is 4.29. The number of carboxylic acid groups (broad SMARTS) is 1. The Labute approximate surface area is 115 Å². The third-order valence-electron chi connectivity index (χ3n) is 3.17. The lowest BCUT2D eigenvalue weighted by atomic mass is 10.0. The maximum Gasteiger partial charge on any atom is 0.338 e. The first kappa shape index (κ1) is 14.4. The number of hydrogen-bond acceptors (Lipinski definition) is 5. The minimum atomic E-state index is -3.16. The number of nitrogens with zero attached hydrogens (tertiary/aromatic N) is 1. The molecule has 0 radical (unpaired) electrons. The normalized spacial score (nSPS) is 24.2. The topological polar surface area (TPSA) is 113 Å². The fraction of sp³-hybridized carbons (Fsp3) is 0.417. The smallest absolute Gasteiger partial charge is 0.338 e. The minimum Gasteiger partial charge on any atom is -0.478 e. The summed E-state index contributed by atoms with van der Waals surface area (Å²) in [6, 6.07) is 2.69. The number of amides is 1. The Hall–Kier alpha value is -1.96. The predicted molar refractivity (Wildman–Crippen MR) is 70.3 cm³/mol. The van der Waals surface area contributed by atoms with Crippen molar-refractivity contribution in [2.45, 2.75) is 18.9 Å². The van der Waals surface area contributed by atoms with E-state index in [9.17, 15) is 18.0 Å². The second-order valence-corrected chi connectivity index (χ2v) is 7.25. The van der Waals surface area contributed by atoms with Crippen molar-refractivity contribution in [3.05, 3.63) is 29.6 Å². The Morgan fingerprint density at radius 1 is 1.45 bits per heavy atom. The molecule has 20 heavy (non-hydrogen) atoms. The lowest BCUT2D eigenvalue weighted by Gasteiger charge is -2.23. The number of pyridine rings is 1. The molecule has 0 bridgehead atoms. The molecule has 2 heterocycles. The van der Waals surface area contributed by atoms with Crippen LogP contribution in [0.1, 0.15) is 34.2 Å². The lowest BCUT2D eigenvalue weighted by Crippen LogP contribution is -2.47. The van der Waals surface area contributed by atoms with Crippen molar-refractivity contribution in [2.75, 3.05) is 11.5 Å². The van der Waals surface area contributed by atoms with Gasteiger partial charge in [0.15, 0.2) is 9.84 Å². The molecule has 1 aliphatic rings. The van der Waals surface area contributed by atoms with Gasteiger partial charge in [-0.05, 0) is 25.5 Å². The predicted octanol–water partition coefficient (Wildman–Crippen LogP) is 0.0868. The lowest BCUT2D eigenvalue weighted by molar-refractivity contribution is 0.0688. The summed E-state index contributed by atoms with van der Waals surface area (Å²) in [6.07, 6.45) is 1.62. The Morgan fingerprint density at radius 3 is 2.70 bits per heavy atom. The Balaban J connectivity index is 2.24. The first-order valence-corrected chi connectivity index (χ1v) is 7.76. The van der Waals surface area contributed by atoms with Crippen LogP contribution in [0, 0.1) is 0 Å². The summed E-state index contributed by atoms with van der Waals surface area (Å²) in [5, 5.41) is 11.6. The quantitative estimate of drug-likeness (QED) is 0.817. The van der Waals surface area contributed by atoms with Crippen LogP contribution in [-0.4, -0.2) is 47.4 Å². The first-order valence-electron chi connectivity index (χ1n) is 5.94. The van der Waals surface area contributed by atoms with Gasteiger partial charge in [0.25, 0.3) is 5.91 Å². The summed E-state index contributed by atoms with van der Waals surface area (Å²) < 4.78 is 23.0. The van der Waals surface area contributed by atoms with Gasteiger partial charge in [-0.25, -0.2) is 13.2 Å². The zero-order chi connectivity index (χ0) is 15.0. The Kier molecular flexibility index (Phi) is 3.51. The standard InChI is InChI=1S/C12H14N2O5S/c1-12(4-6-20(18,19)7-12)14-10(15)9-8(11(16)17)3-2-5-13-9/h2-3,5H,4,6-7H2,1H3,(H,14,15)(H,16,17). The summed E-state index contributed by atoms with van der Waals surface area (Å²) in [7, 11) is -3.16. The van der Waals surface area contributed by atoms with Crippen LogP contribution < -0.4 is 5.32 Å². The van der Waals surface area contributed by atoms with Gasteiger partial charge in [-0.3, -0.25) is 9.78 Å². The van der Waals surface area contributed by atoms with Crippen LogP contribution in [0.3, 0.4) is 0 Å². The molecule has 1 fully saturated rings. The highest BCUT2D eigenvalue weighted by atomic mass is 32.2. The largest absolute Gasteiger partial charge is 0.478 e. The average molecular weight is 298 g/mol. The molecule has 0 spiro atoms. The summed E-state index contributed by atoms with van der Waals surface area (Å²) in [6.45, 7) is 1.62. The van der Waals surface area contributed by atoms with E-state index in [0.29, 0.717) is 6.42 Å². The Morgan fingerprint density at radius 2 is 2.15 bits per heavy atom. The van der Waals surface area contributed by atoms with Crippen molar-refractivity contribution >= 4 is 21.7 Å². The number of aromatic carboxylic acids is 1. The van der Waals surface area contributed by atoms with Gasteiger partial charge < -0.3 is 10.4 Å². The van der Waals surface area contributed by atoms with Gasteiger partial charge in [-0.15, -0.1) is 0 Å². The molecular weight excluding hydrogens is 284 g/mol. The van der Waals surface area contributed by atoms with Crippen LogP contribution >= 0.6 is 0 Å². The van der Waals surface area contributed by atoms with Crippen LogP contribution in [0.4, 0.5) is 0 Å². The van der Waals surface area contributed by atoms with E-state index >= 15 is 0 Å². The van der Waals surface area contributed by atoms with Crippen LogP contribution in [0.2, 0.25) is 0 Å². The monoisotopic (exact) mass is 298 g/mol. The number of hydrogen-bond donors (Lipinski definition) is 2. The van der Waals surface area contributed by atoms with Crippen LogP contribution in [0.5, 0.6) is 0 Å². The van der Waals surface area contributed by atoms with Gasteiger partial charge >= 0.3 is 5.97 Å². The number of nitrogens with one attached hydrogen (secondary N) is 1. The van der Waals surface area contributed by atoms with Gasteiger partial charge in [0.2, 0.25) is 0 Å². The maximum atomic E-state index is 12.1. The number of rotatable bonds is 3. The molecule has 7 nitrogen and oxygen atoms in total. The first-order chi connectivity index (χ1) is 9.22. The SMILES string of the molecule is CC1(NC(=O)c2ncccc2C(=O)O)CCS(=O)(=O)C1. The molecule has 2 rings (SSSR count). The molecule has 1 amide bonds. The molecule has 1 aliphatic heterocycles. The van der Waals surface area contributed by atoms with Crippen molar-refractivity contribution in [2.24, 2.45) is 0 Å². The summed E-state index contributed by atoms with van der Waals surface area (Å²) in [5.74, 6) is -2.08.